The summed E-state index contributed by atoms with van der Waals surface area (Å²) in [5, 5.41) is 0. The Balaban J connectivity index is 1.90. The van der Waals surface area contributed by atoms with Gasteiger partial charge in [-0.2, -0.15) is 0 Å². The van der Waals surface area contributed by atoms with Crippen LogP contribution in [0.4, 0.5) is 0 Å². The quantitative estimate of drug-likeness (QED) is 0.848. The summed E-state index contributed by atoms with van der Waals surface area (Å²) in [7, 11) is 1.72. The largest absolute Gasteiger partial charge is 0.497 e. The number of rotatable bonds is 3. The summed E-state index contributed by atoms with van der Waals surface area (Å²) in [4.78, 5) is 3.93. The fraction of sp³-hybridized carbons (Fsp3) is 0.600. The predicted octanol–water partition coefficient (Wildman–Crippen LogP) is 2.95. The number of nitrogens with zero attached hydrogens (tertiary/aromatic N) is 1. The second-order valence-electron chi connectivity index (χ2n) is 5.11. The summed E-state index contributed by atoms with van der Waals surface area (Å²) in [6.45, 7) is 5.32. The van der Waals surface area contributed by atoms with Gasteiger partial charge in [-0.15, -0.1) is 11.8 Å². The van der Waals surface area contributed by atoms with Crippen LogP contribution in [0.5, 0.6) is 5.75 Å². The molecule has 0 unspecified atom stereocenters. The van der Waals surface area contributed by atoms with Gasteiger partial charge in [0.05, 0.1) is 13.7 Å². The Morgan fingerprint density at radius 3 is 3.16 bits per heavy atom. The van der Waals surface area contributed by atoms with Crippen LogP contribution in [0.25, 0.3) is 0 Å². The molecule has 0 aromatic heterocycles. The van der Waals surface area contributed by atoms with Crippen LogP contribution < -0.4 is 4.74 Å². The van der Waals surface area contributed by atoms with Gasteiger partial charge in [-0.25, -0.2) is 0 Å². The lowest BCUT2D eigenvalue weighted by molar-refractivity contribution is -0.0677. The van der Waals surface area contributed by atoms with Crippen molar-refractivity contribution in [2.24, 2.45) is 0 Å². The second-order valence-corrected chi connectivity index (χ2v) is 6.17. The number of benzene rings is 1. The van der Waals surface area contributed by atoms with Crippen molar-refractivity contribution in [1.29, 1.82) is 0 Å². The summed E-state index contributed by atoms with van der Waals surface area (Å²) in [6.07, 6.45) is 1.42. The molecule has 4 heteroatoms. The van der Waals surface area contributed by atoms with E-state index in [1.54, 1.807) is 7.11 Å². The molecule has 0 radical (unpaired) electrons. The summed E-state index contributed by atoms with van der Waals surface area (Å²) in [6, 6.07) is 6.86. The number of methoxy groups -OCH3 is 1. The Morgan fingerprint density at radius 2 is 2.37 bits per heavy atom. The average Bonchev–Trinajstić information content (AvgIpc) is 2.47. The lowest BCUT2D eigenvalue weighted by Gasteiger charge is -2.44. The van der Waals surface area contributed by atoms with E-state index in [4.69, 9.17) is 9.47 Å². The smallest absolute Gasteiger partial charge is 0.119 e. The molecule has 2 atom stereocenters. The Hall–Kier alpha value is -0.710. The van der Waals surface area contributed by atoms with Gasteiger partial charge < -0.3 is 9.47 Å². The van der Waals surface area contributed by atoms with Gasteiger partial charge in [-0.3, -0.25) is 4.90 Å². The van der Waals surface area contributed by atoms with Crippen LogP contribution in [0.15, 0.2) is 23.1 Å². The minimum Gasteiger partial charge on any atom is -0.497 e. The summed E-state index contributed by atoms with van der Waals surface area (Å²) in [5.41, 5.74) is 1.31. The maximum atomic E-state index is 6.07. The molecular weight excluding hydrogens is 258 g/mol. The second kappa shape index (κ2) is 5.73. The Morgan fingerprint density at radius 1 is 1.47 bits per heavy atom. The average molecular weight is 279 g/mol. The van der Waals surface area contributed by atoms with Crippen molar-refractivity contribution in [2.45, 2.75) is 30.4 Å². The molecule has 2 aliphatic heterocycles. The van der Waals surface area contributed by atoms with Crippen molar-refractivity contribution in [3.05, 3.63) is 23.8 Å². The third-order valence-electron chi connectivity index (χ3n) is 3.94. The van der Waals surface area contributed by atoms with Crippen LogP contribution in [-0.4, -0.2) is 43.5 Å². The molecule has 1 aromatic carbocycles. The van der Waals surface area contributed by atoms with E-state index < -0.39 is 0 Å². The number of morpholine rings is 1. The molecule has 2 aliphatic rings. The first kappa shape index (κ1) is 13.3. The zero-order valence-corrected chi connectivity index (χ0v) is 12.4. The minimum atomic E-state index is 0.214. The summed E-state index contributed by atoms with van der Waals surface area (Å²) >= 11 is 1.95. The predicted molar refractivity (Wildman–Crippen MR) is 78.1 cm³/mol. The van der Waals surface area contributed by atoms with Gasteiger partial charge in [0.2, 0.25) is 0 Å². The van der Waals surface area contributed by atoms with E-state index in [1.807, 2.05) is 17.8 Å². The first-order chi connectivity index (χ1) is 9.33. The molecule has 0 N–H and O–H groups in total. The van der Waals surface area contributed by atoms with Gasteiger partial charge in [0.1, 0.15) is 11.9 Å². The van der Waals surface area contributed by atoms with E-state index >= 15 is 0 Å². The first-order valence-corrected chi connectivity index (χ1v) is 7.98. The molecule has 1 aromatic rings. The molecule has 0 bridgehead atoms. The Labute approximate surface area is 119 Å². The molecule has 3 nitrogen and oxygen atoms in total. The summed E-state index contributed by atoms with van der Waals surface area (Å²) < 4.78 is 11.4. The fourth-order valence-corrected chi connectivity index (χ4v) is 4.24. The molecular formula is C15H21NO2S. The SMILES string of the molecule is CCCN1CCO[C@@H]2c3cc(OC)ccc3SC[C@H]21. The van der Waals surface area contributed by atoms with Crippen LogP contribution in [0.2, 0.25) is 0 Å². The van der Waals surface area contributed by atoms with Crippen molar-refractivity contribution in [1.82, 2.24) is 4.90 Å². The van der Waals surface area contributed by atoms with Crippen molar-refractivity contribution in [2.75, 3.05) is 32.6 Å². The highest BCUT2D eigenvalue weighted by Crippen LogP contribution is 2.43. The van der Waals surface area contributed by atoms with Gasteiger partial charge in [0, 0.05) is 23.2 Å². The third-order valence-corrected chi connectivity index (χ3v) is 5.13. The van der Waals surface area contributed by atoms with Crippen molar-refractivity contribution in [3.8, 4) is 5.75 Å². The van der Waals surface area contributed by atoms with E-state index in [1.165, 1.54) is 23.4 Å². The first-order valence-electron chi connectivity index (χ1n) is 7.00. The Kier molecular flexibility index (Phi) is 4.01. The minimum absolute atomic E-state index is 0.214. The molecule has 2 heterocycles. The monoisotopic (exact) mass is 279 g/mol. The van der Waals surface area contributed by atoms with E-state index in [9.17, 15) is 0 Å². The summed E-state index contributed by atoms with van der Waals surface area (Å²) in [5.74, 6) is 2.06. The van der Waals surface area contributed by atoms with Crippen LogP contribution >= 0.6 is 11.8 Å². The van der Waals surface area contributed by atoms with Crippen LogP contribution in [0, 0.1) is 0 Å². The number of fused-ring (bicyclic) bond motifs is 3. The number of thioether (sulfide) groups is 1. The van der Waals surface area contributed by atoms with Crippen LogP contribution in [0.1, 0.15) is 25.0 Å². The van der Waals surface area contributed by atoms with Gasteiger partial charge in [-0.1, -0.05) is 6.92 Å². The van der Waals surface area contributed by atoms with Crippen molar-refractivity contribution >= 4 is 11.8 Å². The number of ether oxygens (including phenoxy) is 2. The van der Waals surface area contributed by atoms with E-state index in [0.717, 1.165) is 24.7 Å². The topological polar surface area (TPSA) is 21.7 Å². The fourth-order valence-electron chi connectivity index (χ4n) is 3.00. The molecule has 1 fully saturated rings. The lowest BCUT2D eigenvalue weighted by Crippen LogP contribution is -2.50. The molecule has 0 spiro atoms. The lowest BCUT2D eigenvalue weighted by atomic mass is 9.99. The van der Waals surface area contributed by atoms with Gasteiger partial charge in [0.25, 0.3) is 0 Å². The highest BCUT2D eigenvalue weighted by Gasteiger charge is 2.37. The number of hydrogen-bond acceptors (Lipinski definition) is 4. The highest BCUT2D eigenvalue weighted by molar-refractivity contribution is 7.99. The zero-order valence-electron chi connectivity index (χ0n) is 11.6. The normalized spacial score (nSPS) is 26.6. The van der Waals surface area contributed by atoms with Crippen molar-refractivity contribution in [3.63, 3.8) is 0 Å². The number of hydrogen-bond donors (Lipinski definition) is 0. The Bertz CT molecular complexity index is 450. The molecule has 3 rings (SSSR count). The molecule has 104 valence electrons. The van der Waals surface area contributed by atoms with E-state index in [2.05, 4.69) is 24.0 Å². The molecule has 1 saturated heterocycles. The van der Waals surface area contributed by atoms with Gasteiger partial charge >= 0.3 is 0 Å². The molecule has 0 saturated carbocycles. The standard InChI is InChI=1S/C15H21NO2S/c1-3-6-16-7-8-18-15-12-9-11(17-2)4-5-14(12)19-10-13(15)16/h4-5,9,13,15H,3,6-8,10H2,1-2H3/t13-,15-/m1/s1. The molecule has 19 heavy (non-hydrogen) atoms. The van der Waals surface area contributed by atoms with Gasteiger partial charge in [-0.05, 0) is 36.7 Å². The van der Waals surface area contributed by atoms with E-state index in [-0.39, 0.29) is 6.10 Å². The van der Waals surface area contributed by atoms with Gasteiger partial charge in [0.15, 0.2) is 0 Å². The molecule has 0 aliphatic carbocycles. The maximum absolute atomic E-state index is 6.07. The van der Waals surface area contributed by atoms with Crippen LogP contribution in [0.3, 0.4) is 0 Å². The van der Waals surface area contributed by atoms with Crippen LogP contribution in [-0.2, 0) is 4.74 Å². The zero-order chi connectivity index (χ0) is 13.2. The molecule has 0 amide bonds. The van der Waals surface area contributed by atoms with Crippen molar-refractivity contribution < 1.29 is 9.47 Å². The highest BCUT2D eigenvalue weighted by atomic mass is 32.2. The third kappa shape index (κ3) is 2.49. The van der Waals surface area contributed by atoms with E-state index in [0.29, 0.717) is 6.04 Å². The maximum Gasteiger partial charge on any atom is 0.119 e.